The maximum Gasteiger partial charge on any atom is 0.528 e. The molecule has 72 valence electrons. The van der Waals surface area contributed by atoms with E-state index in [2.05, 4.69) is 9.47 Å². The molecule has 7 nitrogen and oxygen atoms in total. The zero-order valence-electron chi connectivity index (χ0n) is 5.14. The molecule has 0 aromatic heterocycles. The molecular formula is C3H2Fe2O7. The molecule has 2 N–H and O–H groups in total. The van der Waals surface area contributed by atoms with Crippen molar-refractivity contribution < 1.29 is 68.2 Å². The third-order valence-corrected chi connectivity index (χ3v) is 0.341. The van der Waals surface area contributed by atoms with Crippen LogP contribution < -0.4 is 0 Å². The molecule has 0 saturated heterocycles. The monoisotopic (exact) mass is 262 g/mol. The fourth-order valence-corrected chi connectivity index (χ4v) is 0.163. The van der Waals surface area contributed by atoms with Crippen molar-refractivity contribution in [3.63, 3.8) is 0 Å². The Hall–Kier alpha value is -0.751. The largest absolute Gasteiger partial charge is 0.528 e. The van der Waals surface area contributed by atoms with Crippen LogP contribution in [0.15, 0.2) is 0 Å². The summed E-state index contributed by atoms with van der Waals surface area (Å²) >= 11 is 0. The third-order valence-electron chi connectivity index (χ3n) is 0.341. The Morgan fingerprint density at radius 1 is 0.833 bits per heavy atom. The standard InChI is InChI=1S/C3H2O7.2Fe/c4-1(5)9-3(8)10-2(6)7;;/h(H,4,5)(H,6,7);;. The van der Waals surface area contributed by atoms with Crippen molar-refractivity contribution >= 4 is 18.5 Å². The SMILES string of the molecule is O=C(O)OC(=O)OC(=O)O.[Fe].[Fe]. The second kappa shape index (κ2) is 8.35. The van der Waals surface area contributed by atoms with Crippen LogP contribution in [0.2, 0.25) is 0 Å². The molecule has 0 spiro atoms. The van der Waals surface area contributed by atoms with E-state index in [1.54, 1.807) is 0 Å². The van der Waals surface area contributed by atoms with Gasteiger partial charge in [-0.3, -0.25) is 0 Å². The van der Waals surface area contributed by atoms with E-state index >= 15 is 0 Å². The van der Waals surface area contributed by atoms with Gasteiger partial charge in [-0.1, -0.05) is 0 Å². The van der Waals surface area contributed by atoms with Crippen LogP contribution in [0.5, 0.6) is 0 Å². The smallest absolute Gasteiger partial charge is 0.449 e. The first-order valence-electron chi connectivity index (χ1n) is 1.88. The van der Waals surface area contributed by atoms with Gasteiger partial charge < -0.3 is 19.7 Å². The van der Waals surface area contributed by atoms with E-state index in [-0.39, 0.29) is 34.1 Å². The van der Waals surface area contributed by atoms with E-state index in [1.165, 1.54) is 0 Å². The maximum atomic E-state index is 9.86. The van der Waals surface area contributed by atoms with Gasteiger partial charge in [0.1, 0.15) is 0 Å². The molecule has 0 aliphatic heterocycles. The molecule has 0 radical (unpaired) electrons. The fourth-order valence-electron chi connectivity index (χ4n) is 0.163. The number of carbonyl (C=O) groups excluding carboxylic acids is 1. The number of carboxylic acid groups (broad SMARTS) is 2. The molecule has 12 heavy (non-hydrogen) atoms. The zero-order chi connectivity index (χ0) is 8.15. The van der Waals surface area contributed by atoms with Crippen LogP contribution in [0, 0.1) is 0 Å². The summed E-state index contributed by atoms with van der Waals surface area (Å²) < 4.78 is 6.47. The van der Waals surface area contributed by atoms with Gasteiger partial charge >= 0.3 is 18.5 Å². The number of ether oxygens (including phenoxy) is 2. The molecule has 0 aliphatic carbocycles. The van der Waals surface area contributed by atoms with Gasteiger partial charge in [0.2, 0.25) is 0 Å². The third kappa shape index (κ3) is 12.0. The fraction of sp³-hybridized carbons (Fsp3) is 0. The minimum absolute atomic E-state index is 0. The molecule has 0 rings (SSSR count). The molecule has 0 aromatic rings. The summed E-state index contributed by atoms with van der Waals surface area (Å²) in [5.74, 6) is 0. The Morgan fingerprint density at radius 2 is 1.08 bits per heavy atom. The van der Waals surface area contributed by atoms with E-state index < -0.39 is 18.5 Å². The molecule has 0 fully saturated rings. The Labute approximate surface area is 87.0 Å². The zero-order valence-corrected chi connectivity index (χ0v) is 7.35. The molecule has 0 heterocycles. The quantitative estimate of drug-likeness (QED) is 0.371. The molecular weight excluding hydrogens is 260 g/mol. The van der Waals surface area contributed by atoms with E-state index in [0.29, 0.717) is 0 Å². The predicted molar refractivity (Wildman–Crippen MR) is 23.6 cm³/mol. The van der Waals surface area contributed by atoms with Crippen molar-refractivity contribution in [2.75, 3.05) is 0 Å². The van der Waals surface area contributed by atoms with Crippen LogP contribution in [0.4, 0.5) is 14.4 Å². The first kappa shape index (κ1) is 17.4. The normalized spacial score (nSPS) is 6.67. The number of hydrogen-bond acceptors (Lipinski definition) is 5. The first-order chi connectivity index (χ1) is 4.52. The van der Waals surface area contributed by atoms with Gasteiger partial charge in [0.15, 0.2) is 0 Å². The van der Waals surface area contributed by atoms with Crippen LogP contribution in [0.25, 0.3) is 0 Å². The van der Waals surface area contributed by atoms with E-state index in [0.717, 1.165) is 0 Å². The number of carbonyl (C=O) groups is 3. The van der Waals surface area contributed by atoms with Crippen molar-refractivity contribution in [2.45, 2.75) is 0 Å². The molecule has 0 amide bonds. The topological polar surface area (TPSA) is 110 Å². The molecule has 0 aromatic carbocycles. The van der Waals surface area contributed by atoms with Gasteiger partial charge in [0.25, 0.3) is 0 Å². The molecule has 0 aliphatic rings. The van der Waals surface area contributed by atoms with Crippen LogP contribution in [-0.2, 0) is 43.6 Å². The summed E-state index contributed by atoms with van der Waals surface area (Å²) in [6.45, 7) is 0. The van der Waals surface area contributed by atoms with Gasteiger partial charge in [0.05, 0.1) is 0 Å². The van der Waals surface area contributed by atoms with Gasteiger partial charge in [-0.15, -0.1) is 0 Å². The number of hydrogen-bond donors (Lipinski definition) is 2. The summed E-state index contributed by atoms with van der Waals surface area (Å²) in [5, 5.41) is 15.4. The van der Waals surface area contributed by atoms with E-state index in [9.17, 15) is 14.4 Å². The Bertz CT molecular complexity index is 159. The Morgan fingerprint density at radius 3 is 1.25 bits per heavy atom. The van der Waals surface area contributed by atoms with Gasteiger partial charge in [-0.05, 0) is 0 Å². The minimum atomic E-state index is -1.92. The van der Waals surface area contributed by atoms with Crippen LogP contribution >= 0.6 is 0 Å². The summed E-state index contributed by atoms with van der Waals surface area (Å²) in [6, 6.07) is 0. The van der Waals surface area contributed by atoms with Crippen molar-refractivity contribution in [2.24, 2.45) is 0 Å². The average Bonchev–Trinajstić information content (AvgIpc) is 1.58. The maximum absolute atomic E-state index is 9.86. The predicted octanol–water partition coefficient (Wildman–Crippen LogP) is 0.491. The summed E-state index contributed by atoms with van der Waals surface area (Å²) in [7, 11) is 0. The van der Waals surface area contributed by atoms with Crippen LogP contribution in [-0.4, -0.2) is 28.7 Å². The number of rotatable bonds is 0. The minimum Gasteiger partial charge on any atom is -0.449 e. The second-order valence-electron chi connectivity index (χ2n) is 0.986. The summed E-state index contributed by atoms with van der Waals surface area (Å²) in [4.78, 5) is 28.8. The van der Waals surface area contributed by atoms with E-state index in [4.69, 9.17) is 10.2 Å². The van der Waals surface area contributed by atoms with Crippen molar-refractivity contribution in [1.29, 1.82) is 0 Å². The Kier molecular flexibility index (Phi) is 12.1. The van der Waals surface area contributed by atoms with Crippen LogP contribution in [0.1, 0.15) is 0 Å². The molecule has 0 bridgehead atoms. The molecule has 0 saturated carbocycles. The molecule has 0 atom stereocenters. The summed E-state index contributed by atoms with van der Waals surface area (Å²) in [6.07, 6.45) is -5.64. The first-order valence-corrected chi connectivity index (χ1v) is 1.88. The van der Waals surface area contributed by atoms with Crippen molar-refractivity contribution in [3.8, 4) is 0 Å². The van der Waals surface area contributed by atoms with Gasteiger partial charge in [-0.25, -0.2) is 14.4 Å². The van der Waals surface area contributed by atoms with Crippen molar-refractivity contribution in [3.05, 3.63) is 0 Å². The Balaban J connectivity index is -0.000000405. The molecule has 9 heteroatoms. The van der Waals surface area contributed by atoms with Gasteiger partial charge in [0, 0.05) is 34.1 Å². The second-order valence-corrected chi connectivity index (χ2v) is 0.986. The molecule has 0 unspecified atom stereocenters. The van der Waals surface area contributed by atoms with Crippen LogP contribution in [0.3, 0.4) is 0 Å². The summed E-state index contributed by atoms with van der Waals surface area (Å²) in [5.41, 5.74) is 0. The average molecular weight is 262 g/mol. The van der Waals surface area contributed by atoms with E-state index in [1.807, 2.05) is 0 Å². The van der Waals surface area contributed by atoms with Crippen molar-refractivity contribution in [1.82, 2.24) is 0 Å². The van der Waals surface area contributed by atoms with Gasteiger partial charge in [-0.2, -0.15) is 0 Å².